The number of carbonyl (C=O) groups excluding carboxylic acids is 1. The summed E-state index contributed by atoms with van der Waals surface area (Å²) in [6.07, 6.45) is 1.52. The Kier molecular flexibility index (Phi) is 1.85. The first-order chi connectivity index (χ1) is 5.13. The smallest absolute Gasteiger partial charge is 0.341 e. The van der Waals surface area contributed by atoms with Crippen molar-refractivity contribution < 1.29 is 14.7 Å². The van der Waals surface area contributed by atoms with Crippen molar-refractivity contribution in [3.63, 3.8) is 0 Å². The summed E-state index contributed by atoms with van der Waals surface area (Å²) in [6.45, 7) is 1.51. The number of aliphatic imine (C=N–C) groups is 1. The average Bonchev–Trinajstić information content (AvgIpc) is 1.85. The van der Waals surface area contributed by atoms with Gasteiger partial charge in [-0.25, -0.2) is 4.79 Å². The number of ketones is 1. The van der Waals surface area contributed by atoms with Crippen LogP contribution in [0.1, 0.15) is 13.3 Å². The molecule has 0 radical (unpaired) electrons. The number of carboxylic acids is 1. The van der Waals surface area contributed by atoms with E-state index in [-0.39, 0.29) is 23.5 Å². The first kappa shape index (κ1) is 7.65. The van der Waals surface area contributed by atoms with Gasteiger partial charge >= 0.3 is 5.97 Å². The highest BCUT2D eigenvalue weighted by molar-refractivity contribution is 6.21. The third-order valence-electron chi connectivity index (χ3n) is 1.42. The molecule has 1 aliphatic heterocycles. The Morgan fingerprint density at radius 1 is 1.73 bits per heavy atom. The van der Waals surface area contributed by atoms with E-state index in [1.54, 1.807) is 0 Å². The molecule has 0 aromatic heterocycles. The van der Waals surface area contributed by atoms with Gasteiger partial charge in [0.25, 0.3) is 0 Å². The Labute approximate surface area is 63.2 Å². The van der Waals surface area contributed by atoms with E-state index in [9.17, 15) is 9.59 Å². The number of nitrogens with zero attached hydrogens (tertiary/aromatic N) is 1. The summed E-state index contributed by atoms with van der Waals surface area (Å²) < 4.78 is 0. The Morgan fingerprint density at radius 3 is 2.73 bits per heavy atom. The zero-order valence-electron chi connectivity index (χ0n) is 6.00. The fourth-order valence-electron chi connectivity index (χ4n) is 0.908. The number of Topliss-reactive ketones (excluding diaryl/α,β-unsaturated/α-hetero) is 1. The molecule has 0 fully saturated rings. The molecule has 58 valence electrons. The van der Waals surface area contributed by atoms with Gasteiger partial charge in [0, 0.05) is 12.6 Å². The van der Waals surface area contributed by atoms with Crippen LogP contribution in [0, 0.1) is 0 Å². The highest BCUT2D eigenvalue weighted by Crippen LogP contribution is 2.12. The van der Waals surface area contributed by atoms with Crippen LogP contribution >= 0.6 is 0 Å². The Hall–Kier alpha value is -1.45. The molecular weight excluding hydrogens is 146 g/mol. The molecule has 0 aliphatic carbocycles. The van der Waals surface area contributed by atoms with E-state index in [1.165, 1.54) is 13.1 Å². The third-order valence-corrected chi connectivity index (χ3v) is 1.42. The number of rotatable bonds is 1. The normalized spacial score (nSPS) is 17.4. The molecule has 11 heavy (non-hydrogen) atoms. The fraction of sp³-hybridized carbons (Fsp3) is 0.286. The quantitative estimate of drug-likeness (QED) is 0.554. The summed E-state index contributed by atoms with van der Waals surface area (Å²) >= 11 is 0. The molecule has 1 aliphatic rings. The van der Waals surface area contributed by atoms with Crippen molar-refractivity contribution in [2.45, 2.75) is 13.3 Å². The fourth-order valence-corrected chi connectivity index (χ4v) is 0.908. The van der Waals surface area contributed by atoms with Gasteiger partial charge in [-0.2, -0.15) is 0 Å². The van der Waals surface area contributed by atoms with Gasteiger partial charge in [0.1, 0.15) is 5.57 Å². The van der Waals surface area contributed by atoms with E-state index < -0.39 is 5.97 Å². The Balaban J connectivity index is 3.11. The number of aliphatic carboxylic acids is 1. The standard InChI is InChI=1S/C7H7NO3/c1-4-6(7(10)11)5(9)2-3-8-4/h3H,2H2,1H3,(H,10,11). The van der Waals surface area contributed by atoms with Gasteiger partial charge in [0.2, 0.25) is 0 Å². The van der Waals surface area contributed by atoms with E-state index in [1.807, 2.05) is 0 Å². The van der Waals surface area contributed by atoms with E-state index in [4.69, 9.17) is 5.11 Å². The van der Waals surface area contributed by atoms with Crippen molar-refractivity contribution in [1.29, 1.82) is 0 Å². The topological polar surface area (TPSA) is 66.7 Å². The number of hydrogen-bond donors (Lipinski definition) is 1. The van der Waals surface area contributed by atoms with Crippen LogP contribution in [0.5, 0.6) is 0 Å². The lowest BCUT2D eigenvalue weighted by Crippen LogP contribution is -2.17. The van der Waals surface area contributed by atoms with Crippen molar-refractivity contribution in [3.05, 3.63) is 11.3 Å². The minimum atomic E-state index is -1.19. The maximum absolute atomic E-state index is 10.9. The average molecular weight is 153 g/mol. The molecule has 1 rings (SSSR count). The summed E-state index contributed by atoms with van der Waals surface area (Å²) in [7, 11) is 0. The highest BCUT2D eigenvalue weighted by atomic mass is 16.4. The third kappa shape index (κ3) is 1.34. The Morgan fingerprint density at radius 2 is 2.36 bits per heavy atom. The molecule has 0 saturated carbocycles. The van der Waals surface area contributed by atoms with Crippen LogP contribution in [0.25, 0.3) is 0 Å². The van der Waals surface area contributed by atoms with Crippen molar-refractivity contribution in [2.24, 2.45) is 4.99 Å². The summed E-state index contributed by atoms with van der Waals surface area (Å²) in [5.41, 5.74) is 0.0984. The molecule has 0 aromatic rings. The lowest BCUT2D eigenvalue weighted by atomic mass is 10.1. The van der Waals surface area contributed by atoms with Crippen LogP contribution in [-0.2, 0) is 9.59 Å². The summed E-state index contributed by atoms with van der Waals surface area (Å²) in [6, 6.07) is 0. The SMILES string of the molecule is CC1=C(C(=O)O)C(=O)CC=N1. The lowest BCUT2D eigenvalue weighted by Gasteiger charge is -2.05. The molecule has 0 saturated heterocycles. The summed E-state index contributed by atoms with van der Waals surface area (Å²) in [5.74, 6) is -1.56. The predicted octanol–water partition coefficient (Wildman–Crippen LogP) is 0.389. The van der Waals surface area contributed by atoms with Crippen molar-refractivity contribution in [2.75, 3.05) is 0 Å². The van der Waals surface area contributed by atoms with Gasteiger partial charge in [-0.1, -0.05) is 0 Å². The first-order valence-corrected chi connectivity index (χ1v) is 3.13. The maximum atomic E-state index is 10.9. The predicted molar refractivity (Wildman–Crippen MR) is 38.5 cm³/mol. The summed E-state index contributed by atoms with van der Waals surface area (Å²) in [5, 5.41) is 8.53. The number of carboxylic acid groups (broad SMARTS) is 1. The van der Waals surface area contributed by atoms with Gasteiger partial charge in [-0.05, 0) is 6.92 Å². The van der Waals surface area contributed by atoms with Gasteiger partial charge in [-0.3, -0.25) is 9.79 Å². The van der Waals surface area contributed by atoms with Crippen molar-refractivity contribution in [1.82, 2.24) is 0 Å². The second kappa shape index (κ2) is 2.65. The molecule has 0 aromatic carbocycles. The molecule has 4 heteroatoms. The second-order valence-corrected chi connectivity index (χ2v) is 2.20. The molecule has 4 nitrogen and oxygen atoms in total. The summed E-state index contributed by atoms with van der Waals surface area (Å²) in [4.78, 5) is 25.1. The van der Waals surface area contributed by atoms with E-state index in [0.29, 0.717) is 0 Å². The maximum Gasteiger partial charge on any atom is 0.341 e. The monoisotopic (exact) mass is 153 g/mol. The van der Waals surface area contributed by atoms with Gasteiger partial charge in [0.05, 0.1) is 5.70 Å². The number of carbonyl (C=O) groups is 2. The molecule has 0 amide bonds. The van der Waals surface area contributed by atoms with Crippen LogP contribution in [0.15, 0.2) is 16.3 Å². The minimum Gasteiger partial charge on any atom is -0.477 e. The number of allylic oxidation sites excluding steroid dienone is 1. The van der Waals surface area contributed by atoms with E-state index in [2.05, 4.69) is 4.99 Å². The molecule has 0 bridgehead atoms. The molecule has 0 spiro atoms. The van der Waals surface area contributed by atoms with Crippen molar-refractivity contribution >= 4 is 18.0 Å². The van der Waals surface area contributed by atoms with Crippen LogP contribution < -0.4 is 0 Å². The van der Waals surface area contributed by atoms with Crippen LogP contribution in [0.3, 0.4) is 0 Å². The molecule has 1 heterocycles. The zero-order valence-corrected chi connectivity index (χ0v) is 6.00. The highest BCUT2D eigenvalue weighted by Gasteiger charge is 2.21. The zero-order chi connectivity index (χ0) is 8.43. The van der Waals surface area contributed by atoms with Gasteiger partial charge < -0.3 is 5.11 Å². The second-order valence-electron chi connectivity index (χ2n) is 2.20. The first-order valence-electron chi connectivity index (χ1n) is 3.13. The van der Waals surface area contributed by atoms with E-state index in [0.717, 1.165) is 0 Å². The molecule has 1 N–H and O–H groups in total. The largest absolute Gasteiger partial charge is 0.477 e. The lowest BCUT2D eigenvalue weighted by molar-refractivity contribution is -0.134. The van der Waals surface area contributed by atoms with Crippen molar-refractivity contribution in [3.8, 4) is 0 Å². The van der Waals surface area contributed by atoms with Crippen LogP contribution in [0.2, 0.25) is 0 Å². The number of hydrogen-bond acceptors (Lipinski definition) is 3. The van der Waals surface area contributed by atoms with E-state index >= 15 is 0 Å². The molecule has 0 unspecified atom stereocenters. The van der Waals surface area contributed by atoms with Gasteiger partial charge in [-0.15, -0.1) is 0 Å². The van der Waals surface area contributed by atoms with Gasteiger partial charge in [0.15, 0.2) is 5.78 Å². The van der Waals surface area contributed by atoms with Crippen LogP contribution in [-0.4, -0.2) is 23.1 Å². The molecular formula is C7H7NO3. The van der Waals surface area contributed by atoms with Crippen LogP contribution in [0.4, 0.5) is 0 Å². The molecule has 0 atom stereocenters. The minimum absolute atomic E-state index is 0.0962. The Bertz CT molecular complexity index is 275.